The fourth-order valence-corrected chi connectivity index (χ4v) is 4.43. The van der Waals surface area contributed by atoms with Gasteiger partial charge in [-0.3, -0.25) is 25.2 Å². The molecule has 0 aromatic heterocycles. The molecule has 1 saturated heterocycles. The van der Waals surface area contributed by atoms with E-state index in [4.69, 9.17) is 0 Å². The van der Waals surface area contributed by atoms with E-state index in [0.29, 0.717) is 5.69 Å². The van der Waals surface area contributed by atoms with E-state index < -0.39 is 34.3 Å². The van der Waals surface area contributed by atoms with Crippen LogP contribution in [0.1, 0.15) is 17.5 Å². The molecule has 1 atom stereocenters. The number of anilines is 1. The van der Waals surface area contributed by atoms with Crippen molar-refractivity contribution in [1.29, 1.82) is 0 Å². The van der Waals surface area contributed by atoms with Crippen molar-refractivity contribution in [2.24, 2.45) is 5.92 Å². The summed E-state index contributed by atoms with van der Waals surface area (Å²) >= 11 is 0. The second kappa shape index (κ2) is 9.49. The SMILES string of the molecule is Cc1ccc(N2C[C@H](C(=O)NNC(=O)CN(C)S(=O)(=O)c3ccc(C)cc3)CC2=O)cc1. The summed E-state index contributed by atoms with van der Waals surface area (Å²) < 4.78 is 26.0. The molecule has 0 saturated carbocycles. The lowest BCUT2D eigenvalue weighted by atomic mass is 10.1. The second-order valence-electron chi connectivity index (χ2n) is 7.85. The number of aryl methyl sites for hydroxylation is 2. The van der Waals surface area contributed by atoms with E-state index in [1.165, 1.54) is 24.1 Å². The Labute approximate surface area is 187 Å². The summed E-state index contributed by atoms with van der Waals surface area (Å²) in [6.45, 7) is 3.51. The topological polar surface area (TPSA) is 116 Å². The Kier molecular flexibility index (Phi) is 6.95. The third-order valence-corrected chi connectivity index (χ3v) is 7.08. The van der Waals surface area contributed by atoms with Crippen LogP contribution >= 0.6 is 0 Å². The van der Waals surface area contributed by atoms with Gasteiger partial charge in [0.05, 0.1) is 17.4 Å². The maximum absolute atomic E-state index is 12.6. The third-order valence-electron chi connectivity index (χ3n) is 5.26. The number of likely N-dealkylation sites (N-methyl/N-ethyl adjacent to an activating group) is 1. The molecule has 0 aliphatic carbocycles. The highest BCUT2D eigenvalue weighted by Gasteiger charge is 2.35. The molecule has 0 radical (unpaired) electrons. The first-order valence-electron chi connectivity index (χ1n) is 10.1. The molecular weight excluding hydrogens is 432 g/mol. The van der Waals surface area contributed by atoms with Gasteiger partial charge in [0, 0.05) is 25.7 Å². The number of benzene rings is 2. The van der Waals surface area contributed by atoms with Crippen LogP contribution in [-0.2, 0) is 24.4 Å². The van der Waals surface area contributed by atoms with Crippen LogP contribution in [0, 0.1) is 19.8 Å². The normalized spacial score (nSPS) is 16.3. The molecule has 0 spiro atoms. The molecule has 1 aliphatic heterocycles. The number of carbonyl (C=O) groups excluding carboxylic acids is 3. The number of hydrazine groups is 1. The predicted molar refractivity (Wildman–Crippen MR) is 119 cm³/mol. The number of hydrogen-bond donors (Lipinski definition) is 2. The van der Waals surface area contributed by atoms with E-state index in [9.17, 15) is 22.8 Å². The Morgan fingerprint density at radius 1 is 1.00 bits per heavy atom. The van der Waals surface area contributed by atoms with Crippen molar-refractivity contribution in [2.45, 2.75) is 25.2 Å². The molecule has 9 nitrogen and oxygen atoms in total. The van der Waals surface area contributed by atoms with Crippen LogP contribution in [0.25, 0.3) is 0 Å². The highest BCUT2D eigenvalue weighted by atomic mass is 32.2. The maximum Gasteiger partial charge on any atom is 0.253 e. The Morgan fingerprint density at radius 3 is 2.16 bits per heavy atom. The number of rotatable bonds is 6. The lowest BCUT2D eigenvalue weighted by Gasteiger charge is -2.18. The van der Waals surface area contributed by atoms with Gasteiger partial charge in [0.25, 0.3) is 5.91 Å². The minimum Gasteiger partial charge on any atom is -0.312 e. The number of carbonyl (C=O) groups is 3. The predicted octanol–water partition coefficient (Wildman–Crippen LogP) is 1.12. The number of nitrogens with zero attached hydrogens (tertiary/aromatic N) is 2. The first-order chi connectivity index (χ1) is 15.1. The van der Waals surface area contributed by atoms with Crippen molar-refractivity contribution in [3.8, 4) is 0 Å². The lowest BCUT2D eigenvalue weighted by Crippen LogP contribution is -2.48. The zero-order valence-electron chi connectivity index (χ0n) is 18.2. The molecule has 3 amide bonds. The smallest absolute Gasteiger partial charge is 0.253 e. The summed E-state index contributed by atoms with van der Waals surface area (Å²) in [6.07, 6.45) is 0.0251. The molecule has 1 aliphatic rings. The largest absolute Gasteiger partial charge is 0.312 e. The summed E-state index contributed by atoms with van der Waals surface area (Å²) in [4.78, 5) is 38.5. The van der Waals surface area contributed by atoms with E-state index in [1.54, 1.807) is 12.1 Å². The number of amides is 3. The van der Waals surface area contributed by atoms with Gasteiger partial charge in [-0.1, -0.05) is 35.4 Å². The van der Waals surface area contributed by atoms with E-state index in [1.807, 2.05) is 38.1 Å². The van der Waals surface area contributed by atoms with Gasteiger partial charge >= 0.3 is 0 Å². The standard InChI is InChI=1S/C22H26N4O5S/c1-15-4-8-18(9-5-15)26-13-17(12-21(26)28)22(29)24-23-20(27)14-25(3)32(30,31)19-10-6-16(2)7-11-19/h4-11,17H,12-14H2,1-3H3,(H,23,27)(H,24,29)/t17-/m1/s1. The molecule has 170 valence electrons. The maximum atomic E-state index is 12.6. The van der Waals surface area contributed by atoms with Crippen molar-refractivity contribution < 1.29 is 22.8 Å². The van der Waals surface area contributed by atoms with Gasteiger partial charge in [-0.15, -0.1) is 0 Å². The molecule has 3 rings (SSSR count). The number of nitrogens with one attached hydrogen (secondary N) is 2. The van der Waals surface area contributed by atoms with Crippen LogP contribution < -0.4 is 15.8 Å². The van der Waals surface area contributed by atoms with Crippen molar-refractivity contribution in [3.63, 3.8) is 0 Å². The van der Waals surface area contributed by atoms with Crippen LogP contribution in [0.5, 0.6) is 0 Å². The zero-order chi connectivity index (χ0) is 23.5. The molecule has 2 aromatic rings. The van der Waals surface area contributed by atoms with Gasteiger partial charge in [-0.25, -0.2) is 8.42 Å². The average molecular weight is 459 g/mol. The summed E-state index contributed by atoms with van der Waals surface area (Å²) in [5, 5.41) is 0. The molecule has 1 fully saturated rings. The summed E-state index contributed by atoms with van der Waals surface area (Å²) in [5.41, 5.74) is 7.20. The van der Waals surface area contributed by atoms with Gasteiger partial charge in [0.2, 0.25) is 21.8 Å². The van der Waals surface area contributed by atoms with Crippen LogP contribution in [0.2, 0.25) is 0 Å². The fourth-order valence-electron chi connectivity index (χ4n) is 3.31. The third kappa shape index (κ3) is 5.32. The quantitative estimate of drug-likeness (QED) is 0.630. The molecule has 10 heteroatoms. The van der Waals surface area contributed by atoms with Gasteiger partial charge in [0.1, 0.15) is 0 Å². The first kappa shape index (κ1) is 23.4. The Balaban J connectivity index is 1.52. The fraction of sp³-hybridized carbons (Fsp3) is 0.318. The summed E-state index contributed by atoms with van der Waals surface area (Å²) in [6, 6.07) is 13.7. The molecule has 0 bridgehead atoms. The van der Waals surface area contributed by atoms with Crippen molar-refractivity contribution in [1.82, 2.24) is 15.2 Å². The van der Waals surface area contributed by atoms with Gasteiger partial charge in [-0.05, 0) is 38.1 Å². The van der Waals surface area contributed by atoms with Crippen LogP contribution in [0.15, 0.2) is 53.4 Å². The molecule has 32 heavy (non-hydrogen) atoms. The van der Waals surface area contributed by atoms with Crippen molar-refractivity contribution in [2.75, 3.05) is 25.0 Å². The number of hydrogen-bond acceptors (Lipinski definition) is 5. The average Bonchev–Trinajstić information content (AvgIpc) is 3.14. The molecule has 2 N–H and O–H groups in total. The highest BCUT2D eigenvalue weighted by molar-refractivity contribution is 7.89. The number of sulfonamides is 1. The molecule has 1 heterocycles. The highest BCUT2D eigenvalue weighted by Crippen LogP contribution is 2.25. The Morgan fingerprint density at radius 2 is 1.56 bits per heavy atom. The zero-order valence-corrected chi connectivity index (χ0v) is 19.0. The Bertz CT molecular complexity index is 1110. The summed E-state index contributed by atoms with van der Waals surface area (Å²) in [7, 11) is -2.56. The minimum absolute atomic E-state index is 0.0251. The van der Waals surface area contributed by atoms with Crippen LogP contribution in [-0.4, -0.2) is 50.6 Å². The molecule has 0 unspecified atom stereocenters. The monoisotopic (exact) mass is 458 g/mol. The van der Waals surface area contributed by atoms with Gasteiger partial charge in [-0.2, -0.15) is 4.31 Å². The van der Waals surface area contributed by atoms with Crippen molar-refractivity contribution >= 4 is 33.4 Å². The molecular formula is C22H26N4O5S. The van der Waals surface area contributed by atoms with Crippen molar-refractivity contribution in [3.05, 3.63) is 59.7 Å². The second-order valence-corrected chi connectivity index (χ2v) is 9.90. The van der Waals surface area contributed by atoms with Gasteiger partial charge in [0.15, 0.2) is 0 Å². The Hall–Kier alpha value is -3.24. The molecule has 2 aromatic carbocycles. The van der Waals surface area contributed by atoms with E-state index in [0.717, 1.165) is 15.4 Å². The first-order valence-corrected chi connectivity index (χ1v) is 11.5. The minimum atomic E-state index is -3.84. The van der Waals surface area contributed by atoms with E-state index in [-0.39, 0.29) is 23.8 Å². The lowest BCUT2D eigenvalue weighted by molar-refractivity contribution is -0.131. The van der Waals surface area contributed by atoms with E-state index in [2.05, 4.69) is 10.9 Å². The van der Waals surface area contributed by atoms with Crippen LogP contribution in [0.3, 0.4) is 0 Å². The van der Waals surface area contributed by atoms with Crippen LogP contribution in [0.4, 0.5) is 5.69 Å². The van der Waals surface area contributed by atoms with Gasteiger partial charge < -0.3 is 4.90 Å². The summed E-state index contributed by atoms with van der Waals surface area (Å²) in [5.74, 6) is -2.01. The van der Waals surface area contributed by atoms with E-state index >= 15 is 0 Å².